The second kappa shape index (κ2) is 9.76. The molecule has 0 N–H and O–H groups in total. The average molecular weight is 442 g/mol. The Labute approximate surface area is 180 Å². The minimum absolute atomic E-state index is 0.0496. The topological polar surface area (TPSA) is 88.0 Å². The van der Waals surface area contributed by atoms with Crippen LogP contribution < -0.4 is 0 Å². The zero-order valence-corrected chi connectivity index (χ0v) is 19.4. The minimum atomic E-state index is -3.20. The van der Waals surface area contributed by atoms with Crippen LogP contribution in [-0.2, 0) is 21.8 Å². The van der Waals surface area contributed by atoms with E-state index in [-0.39, 0.29) is 11.9 Å². The third-order valence-electron chi connectivity index (χ3n) is 6.22. The molecule has 1 amide bonds. The fourth-order valence-corrected chi connectivity index (χ4v) is 5.45. The van der Waals surface area contributed by atoms with Crippen LogP contribution in [0.15, 0.2) is 6.07 Å². The summed E-state index contributed by atoms with van der Waals surface area (Å²) in [7, 11) is 0.399. The predicted molar refractivity (Wildman–Crippen MR) is 115 cm³/mol. The first-order valence-electron chi connectivity index (χ1n) is 10.7. The predicted octanol–water partition coefficient (Wildman–Crippen LogP) is 0.706. The lowest BCUT2D eigenvalue weighted by Gasteiger charge is -2.44. The lowest BCUT2D eigenvalue weighted by atomic mass is 9.99. The molecule has 0 aromatic carbocycles. The molecule has 3 heterocycles. The van der Waals surface area contributed by atoms with Gasteiger partial charge in [-0.25, -0.2) is 12.7 Å². The van der Waals surface area contributed by atoms with Gasteiger partial charge in [-0.3, -0.25) is 14.4 Å². The van der Waals surface area contributed by atoms with Gasteiger partial charge in [0, 0.05) is 65.6 Å². The summed E-state index contributed by atoms with van der Waals surface area (Å²) in [6, 6.07) is 2.32. The van der Waals surface area contributed by atoms with Gasteiger partial charge in [0.15, 0.2) is 0 Å². The summed E-state index contributed by atoms with van der Waals surface area (Å²) in [5.74, 6) is -0.0496. The molecule has 1 aromatic heterocycles. The van der Waals surface area contributed by atoms with Gasteiger partial charge in [-0.1, -0.05) is 0 Å². The zero-order valence-electron chi connectivity index (χ0n) is 18.6. The Bertz CT molecular complexity index is 834. The third kappa shape index (κ3) is 5.60. The molecule has 1 unspecified atom stereocenters. The Morgan fingerprint density at radius 1 is 1.23 bits per heavy atom. The van der Waals surface area contributed by atoms with Crippen molar-refractivity contribution in [1.82, 2.24) is 23.9 Å². The van der Waals surface area contributed by atoms with Crippen molar-refractivity contribution in [2.24, 2.45) is 7.05 Å². The molecular formula is C20H35N5O4S. The van der Waals surface area contributed by atoms with Crippen LogP contribution in [0.5, 0.6) is 0 Å². The fraction of sp³-hybridized carbons (Fsp3) is 0.800. The van der Waals surface area contributed by atoms with E-state index >= 15 is 0 Å². The number of hydrogen-bond acceptors (Lipinski definition) is 6. The molecule has 1 atom stereocenters. The van der Waals surface area contributed by atoms with Gasteiger partial charge in [-0.05, 0) is 38.7 Å². The van der Waals surface area contributed by atoms with Gasteiger partial charge >= 0.3 is 0 Å². The van der Waals surface area contributed by atoms with Crippen LogP contribution in [0.2, 0.25) is 0 Å². The van der Waals surface area contributed by atoms with Gasteiger partial charge in [0.25, 0.3) is 5.91 Å². The lowest BCUT2D eigenvalue weighted by Crippen LogP contribution is -2.55. The van der Waals surface area contributed by atoms with Crippen molar-refractivity contribution in [3.8, 4) is 0 Å². The first-order chi connectivity index (χ1) is 14.2. The Kier molecular flexibility index (Phi) is 7.54. The second-order valence-electron chi connectivity index (χ2n) is 8.52. The molecule has 1 aromatic rings. The number of aromatic nitrogens is 2. The highest BCUT2D eigenvalue weighted by Crippen LogP contribution is 2.24. The summed E-state index contributed by atoms with van der Waals surface area (Å²) in [5, 5.41) is 4.27. The molecule has 3 rings (SSSR count). The molecule has 10 heteroatoms. The maximum absolute atomic E-state index is 12.9. The lowest BCUT2D eigenvalue weighted by molar-refractivity contribution is 0.00314. The number of carbonyl (C=O) groups is 1. The number of likely N-dealkylation sites (N-methyl/N-ethyl adjacent to an activating group) is 1. The standard InChI is InChI=1S/C20H35N5O4S/c1-16-14-19(23(3)21-16)20(26)22(2)10-11-25(17-7-12-29-13-8-17)18-6-5-9-24(15-18)30(4,27)28/h14,17-18H,5-13,15H2,1-4H3. The summed E-state index contributed by atoms with van der Waals surface area (Å²) < 4.78 is 33.0. The Morgan fingerprint density at radius 2 is 1.93 bits per heavy atom. The number of aryl methyl sites for hydroxylation is 2. The van der Waals surface area contributed by atoms with Crippen LogP contribution in [-0.4, -0.2) is 103 Å². The molecule has 9 nitrogen and oxygen atoms in total. The van der Waals surface area contributed by atoms with Crippen LogP contribution in [0.25, 0.3) is 0 Å². The van der Waals surface area contributed by atoms with Crippen LogP contribution in [0, 0.1) is 6.92 Å². The minimum Gasteiger partial charge on any atom is -0.381 e. The van der Waals surface area contributed by atoms with Crippen molar-refractivity contribution in [2.45, 2.75) is 44.7 Å². The van der Waals surface area contributed by atoms with Crippen LogP contribution in [0.3, 0.4) is 0 Å². The Hall–Kier alpha value is -1.49. The van der Waals surface area contributed by atoms with E-state index in [0.717, 1.165) is 44.6 Å². The van der Waals surface area contributed by atoms with Gasteiger partial charge < -0.3 is 9.64 Å². The number of amides is 1. The molecule has 2 saturated heterocycles. The summed E-state index contributed by atoms with van der Waals surface area (Å²) in [6.45, 7) is 5.74. The van der Waals surface area contributed by atoms with E-state index in [9.17, 15) is 13.2 Å². The number of piperidine rings is 1. The molecule has 0 saturated carbocycles. The first-order valence-corrected chi connectivity index (χ1v) is 12.6. The largest absolute Gasteiger partial charge is 0.381 e. The quantitative estimate of drug-likeness (QED) is 0.619. The van der Waals surface area contributed by atoms with Crippen molar-refractivity contribution in [3.63, 3.8) is 0 Å². The molecular weight excluding hydrogens is 406 g/mol. The fourth-order valence-electron chi connectivity index (χ4n) is 4.55. The normalized spacial score (nSPS) is 21.8. The SMILES string of the molecule is Cc1cc(C(=O)N(C)CCN(C2CCOCC2)C2CCCN(S(C)(=O)=O)C2)n(C)n1. The first kappa shape index (κ1) is 23.2. The average Bonchev–Trinajstić information content (AvgIpc) is 3.05. The van der Waals surface area contributed by atoms with Crippen molar-refractivity contribution in [2.75, 3.05) is 52.7 Å². The third-order valence-corrected chi connectivity index (χ3v) is 7.49. The number of rotatable bonds is 7. The maximum atomic E-state index is 12.9. The van der Waals surface area contributed by atoms with Gasteiger partial charge in [-0.15, -0.1) is 0 Å². The molecule has 0 aliphatic carbocycles. The summed E-state index contributed by atoms with van der Waals surface area (Å²) >= 11 is 0. The highest BCUT2D eigenvalue weighted by Gasteiger charge is 2.34. The molecule has 0 spiro atoms. The van der Waals surface area contributed by atoms with Crippen LogP contribution in [0.1, 0.15) is 41.9 Å². The molecule has 30 heavy (non-hydrogen) atoms. The molecule has 170 valence electrons. The molecule has 2 fully saturated rings. The zero-order chi connectivity index (χ0) is 21.9. The number of sulfonamides is 1. The van der Waals surface area contributed by atoms with E-state index in [1.54, 1.807) is 27.0 Å². The van der Waals surface area contributed by atoms with Crippen molar-refractivity contribution < 1.29 is 17.9 Å². The Morgan fingerprint density at radius 3 is 2.53 bits per heavy atom. The van der Waals surface area contributed by atoms with E-state index in [1.807, 2.05) is 14.0 Å². The Balaban J connectivity index is 1.69. The molecule has 0 bridgehead atoms. The van der Waals surface area contributed by atoms with Gasteiger partial charge in [-0.2, -0.15) is 5.10 Å². The highest BCUT2D eigenvalue weighted by atomic mass is 32.2. The van der Waals surface area contributed by atoms with Crippen LogP contribution in [0.4, 0.5) is 0 Å². The maximum Gasteiger partial charge on any atom is 0.271 e. The van der Waals surface area contributed by atoms with E-state index in [2.05, 4.69) is 10.00 Å². The van der Waals surface area contributed by atoms with E-state index in [0.29, 0.717) is 37.9 Å². The van der Waals surface area contributed by atoms with Crippen molar-refractivity contribution >= 4 is 15.9 Å². The molecule has 2 aliphatic heterocycles. The van der Waals surface area contributed by atoms with Crippen molar-refractivity contribution in [1.29, 1.82) is 0 Å². The van der Waals surface area contributed by atoms with E-state index in [4.69, 9.17) is 4.74 Å². The highest BCUT2D eigenvalue weighted by molar-refractivity contribution is 7.88. The summed E-state index contributed by atoms with van der Waals surface area (Å²) in [4.78, 5) is 17.0. The van der Waals surface area contributed by atoms with Gasteiger partial charge in [0.2, 0.25) is 10.0 Å². The smallest absolute Gasteiger partial charge is 0.271 e. The number of ether oxygens (including phenoxy) is 1. The number of hydrogen-bond donors (Lipinski definition) is 0. The van der Waals surface area contributed by atoms with E-state index < -0.39 is 10.0 Å². The second-order valence-corrected chi connectivity index (χ2v) is 10.5. The summed E-state index contributed by atoms with van der Waals surface area (Å²) in [6.07, 6.45) is 5.00. The number of carbonyl (C=O) groups excluding carboxylic acids is 1. The molecule has 0 radical (unpaired) electrons. The van der Waals surface area contributed by atoms with E-state index in [1.165, 1.54) is 6.26 Å². The van der Waals surface area contributed by atoms with Gasteiger partial charge in [0.1, 0.15) is 5.69 Å². The van der Waals surface area contributed by atoms with Crippen LogP contribution >= 0.6 is 0 Å². The van der Waals surface area contributed by atoms with Crippen molar-refractivity contribution in [3.05, 3.63) is 17.5 Å². The van der Waals surface area contributed by atoms with Gasteiger partial charge in [0.05, 0.1) is 11.9 Å². The summed E-state index contributed by atoms with van der Waals surface area (Å²) in [5.41, 5.74) is 1.40. The number of nitrogens with zero attached hydrogens (tertiary/aromatic N) is 5. The monoisotopic (exact) mass is 441 g/mol. The molecule has 2 aliphatic rings.